The Morgan fingerprint density at radius 3 is 2.24 bits per heavy atom. The second-order valence-electron chi connectivity index (χ2n) is 12.1. The van der Waals surface area contributed by atoms with Crippen LogP contribution in [-0.2, 0) is 0 Å². The zero-order chi connectivity index (χ0) is 30.5. The lowest BCUT2D eigenvalue weighted by molar-refractivity contribution is 0.783. The fourth-order valence-electron chi connectivity index (χ4n) is 7.12. The van der Waals surface area contributed by atoms with Gasteiger partial charge in [-0.25, -0.2) is 0 Å². The van der Waals surface area contributed by atoms with Crippen LogP contribution < -0.4 is 4.90 Å². The van der Waals surface area contributed by atoms with E-state index in [1.807, 2.05) is 11.3 Å². The molecule has 6 aromatic carbocycles. The zero-order valence-corrected chi connectivity index (χ0v) is 26.1. The summed E-state index contributed by atoms with van der Waals surface area (Å²) in [5.41, 5.74) is 9.87. The highest BCUT2D eigenvalue weighted by atomic mass is 32.1. The van der Waals surface area contributed by atoms with Gasteiger partial charge in [0.25, 0.3) is 0 Å². The maximum atomic E-state index is 2.45. The number of thiophene rings is 1. The fraction of sp³-hybridized carbons (Fsp3) is 0.0455. The molecule has 0 saturated carbocycles. The van der Waals surface area contributed by atoms with Crippen LogP contribution in [0.25, 0.3) is 47.6 Å². The topological polar surface area (TPSA) is 3.24 Å². The minimum absolute atomic E-state index is 0.482. The van der Waals surface area contributed by atoms with E-state index in [2.05, 4.69) is 175 Å². The molecule has 218 valence electrons. The second kappa shape index (κ2) is 11.2. The Morgan fingerprint density at radius 2 is 1.33 bits per heavy atom. The van der Waals surface area contributed by atoms with E-state index in [4.69, 9.17) is 0 Å². The number of anilines is 3. The van der Waals surface area contributed by atoms with Gasteiger partial charge in [-0.3, -0.25) is 0 Å². The fourth-order valence-corrected chi connectivity index (χ4v) is 8.25. The Balaban J connectivity index is 1.24. The van der Waals surface area contributed by atoms with Gasteiger partial charge in [0.2, 0.25) is 0 Å². The number of fused-ring (bicyclic) bond motifs is 5. The molecule has 0 saturated heterocycles. The standard InChI is InChI=1S/C44H31NS/c1-2-11-30(12-3-1)33-15-10-16-35(28-33)45(36-23-24-41-40-19-8-9-20-43(40)46-44(41)29-36)42-26-25-37(38-17-6-7-18-39(38)42)34-22-21-31-13-4-5-14-32(31)27-34/h1-20,22-29,31H,21H2. The van der Waals surface area contributed by atoms with Crippen LogP contribution in [0, 0.1) is 5.92 Å². The Morgan fingerprint density at radius 1 is 0.565 bits per heavy atom. The van der Waals surface area contributed by atoms with Crippen molar-refractivity contribution in [2.24, 2.45) is 5.92 Å². The van der Waals surface area contributed by atoms with Crippen LogP contribution in [0.1, 0.15) is 12.0 Å². The second-order valence-corrected chi connectivity index (χ2v) is 13.2. The molecule has 2 heteroatoms. The molecule has 9 rings (SSSR count). The largest absolute Gasteiger partial charge is 0.310 e. The van der Waals surface area contributed by atoms with Crippen molar-refractivity contribution in [2.75, 3.05) is 4.90 Å². The van der Waals surface area contributed by atoms with Crippen molar-refractivity contribution in [3.05, 3.63) is 181 Å². The molecule has 0 fully saturated rings. The van der Waals surface area contributed by atoms with Gasteiger partial charge in [-0.2, -0.15) is 0 Å². The third kappa shape index (κ3) is 4.62. The number of nitrogens with zero attached hydrogens (tertiary/aromatic N) is 1. The van der Waals surface area contributed by atoms with Gasteiger partial charge in [0.15, 0.2) is 0 Å². The van der Waals surface area contributed by atoms with Gasteiger partial charge in [0.1, 0.15) is 0 Å². The average molecular weight is 606 g/mol. The van der Waals surface area contributed by atoms with Gasteiger partial charge in [-0.05, 0) is 76.0 Å². The summed E-state index contributed by atoms with van der Waals surface area (Å²) in [5, 5.41) is 5.14. The summed E-state index contributed by atoms with van der Waals surface area (Å²) in [6.07, 6.45) is 14.7. The van der Waals surface area contributed by atoms with Crippen molar-refractivity contribution >= 4 is 64.9 Å². The summed E-state index contributed by atoms with van der Waals surface area (Å²) in [7, 11) is 0. The molecule has 2 aliphatic carbocycles. The molecule has 0 spiro atoms. The van der Waals surface area contributed by atoms with Crippen LogP contribution in [0.3, 0.4) is 0 Å². The quantitative estimate of drug-likeness (QED) is 0.189. The Kier molecular flexibility index (Phi) is 6.54. The van der Waals surface area contributed by atoms with Gasteiger partial charge in [0, 0.05) is 42.9 Å². The lowest BCUT2D eigenvalue weighted by atomic mass is 9.83. The molecule has 1 aromatic heterocycles. The molecule has 1 heterocycles. The first-order valence-electron chi connectivity index (χ1n) is 16.0. The van der Waals surface area contributed by atoms with Crippen molar-refractivity contribution < 1.29 is 0 Å². The van der Waals surface area contributed by atoms with Gasteiger partial charge < -0.3 is 4.90 Å². The maximum absolute atomic E-state index is 2.45. The first kappa shape index (κ1) is 26.9. The van der Waals surface area contributed by atoms with Crippen LogP contribution >= 0.6 is 11.3 Å². The first-order valence-corrected chi connectivity index (χ1v) is 16.8. The highest BCUT2D eigenvalue weighted by Gasteiger charge is 2.21. The van der Waals surface area contributed by atoms with Gasteiger partial charge in [0.05, 0.1) is 5.69 Å². The zero-order valence-electron chi connectivity index (χ0n) is 25.3. The average Bonchev–Trinajstić information content (AvgIpc) is 3.50. The van der Waals surface area contributed by atoms with Gasteiger partial charge in [-0.15, -0.1) is 11.3 Å². The molecular formula is C44H31NS. The van der Waals surface area contributed by atoms with E-state index < -0.39 is 0 Å². The monoisotopic (exact) mass is 605 g/mol. The number of allylic oxidation sites excluding steroid dienone is 8. The number of hydrogen-bond acceptors (Lipinski definition) is 2. The summed E-state index contributed by atoms with van der Waals surface area (Å²) < 4.78 is 2.62. The molecule has 1 nitrogen and oxygen atoms in total. The smallest absolute Gasteiger partial charge is 0.0540 e. The molecule has 0 N–H and O–H groups in total. The molecule has 0 aliphatic heterocycles. The predicted octanol–water partition coefficient (Wildman–Crippen LogP) is 12.8. The lowest BCUT2D eigenvalue weighted by Gasteiger charge is -2.28. The lowest BCUT2D eigenvalue weighted by Crippen LogP contribution is -2.11. The molecule has 7 aromatic rings. The molecule has 46 heavy (non-hydrogen) atoms. The van der Waals surface area contributed by atoms with Crippen LogP contribution in [0.2, 0.25) is 0 Å². The third-order valence-corrected chi connectivity index (χ3v) is 10.5. The van der Waals surface area contributed by atoms with Crippen molar-refractivity contribution in [1.82, 2.24) is 0 Å². The molecule has 1 atom stereocenters. The van der Waals surface area contributed by atoms with E-state index in [1.54, 1.807) is 0 Å². The Bertz CT molecular complexity index is 2400. The van der Waals surface area contributed by atoms with Crippen LogP contribution in [0.15, 0.2) is 175 Å². The Labute approximate surface area is 273 Å². The van der Waals surface area contributed by atoms with Crippen LogP contribution in [-0.4, -0.2) is 0 Å². The Hall–Kier alpha value is -5.44. The molecule has 1 unspecified atom stereocenters. The van der Waals surface area contributed by atoms with E-state index in [0.29, 0.717) is 5.92 Å². The van der Waals surface area contributed by atoms with Crippen molar-refractivity contribution in [3.63, 3.8) is 0 Å². The molecule has 0 amide bonds. The van der Waals surface area contributed by atoms with Crippen molar-refractivity contribution in [1.29, 1.82) is 0 Å². The highest BCUT2D eigenvalue weighted by molar-refractivity contribution is 7.25. The third-order valence-electron chi connectivity index (χ3n) is 9.37. The minimum atomic E-state index is 0.482. The maximum Gasteiger partial charge on any atom is 0.0540 e. The van der Waals surface area contributed by atoms with Gasteiger partial charge >= 0.3 is 0 Å². The highest BCUT2D eigenvalue weighted by Crippen LogP contribution is 2.45. The molecule has 2 aliphatic rings. The van der Waals surface area contributed by atoms with Crippen LogP contribution in [0.4, 0.5) is 17.1 Å². The summed E-state index contributed by atoms with van der Waals surface area (Å²) >= 11 is 1.87. The molecule has 0 bridgehead atoms. The minimum Gasteiger partial charge on any atom is -0.310 e. The first-order chi connectivity index (χ1) is 22.8. The SMILES string of the molecule is C1=CC2=CC(c3ccc(N(c4cccc(-c5ccccc5)c4)c4ccc5c(c4)sc4ccccc45)c4ccccc34)=CCC2C=C1. The number of benzene rings is 6. The normalized spacial score (nSPS) is 15.6. The number of hydrogen-bond donors (Lipinski definition) is 0. The summed E-state index contributed by atoms with van der Waals surface area (Å²) in [4.78, 5) is 2.45. The number of rotatable bonds is 5. The predicted molar refractivity (Wildman–Crippen MR) is 199 cm³/mol. The summed E-state index contributed by atoms with van der Waals surface area (Å²) in [6.45, 7) is 0. The van der Waals surface area contributed by atoms with E-state index >= 15 is 0 Å². The van der Waals surface area contributed by atoms with E-state index in [0.717, 1.165) is 17.8 Å². The summed E-state index contributed by atoms with van der Waals surface area (Å²) in [6, 6.07) is 48.9. The van der Waals surface area contributed by atoms with E-state index in [9.17, 15) is 0 Å². The van der Waals surface area contributed by atoms with Crippen LogP contribution in [0.5, 0.6) is 0 Å². The molecule has 0 radical (unpaired) electrons. The molecular weight excluding hydrogens is 575 g/mol. The van der Waals surface area contributed by atoms with E-state index in [1.165, 1.54) is 64.5 Å². The van der Waals surface area contributed by atoms with Crippen molar-refractivity contribution in [2.45, 2.75) is 6.42 Å². The summed E-state index contributed by atoms with van der Waals surface area (Å²) in [5.74, 6) is 0.482. The van der Waals surface area contributed by atoms with Crippen molar-refractivity contribution in [3.8, 4) is 11.1 Å². The van der Waals surface area contributed by atoms with E-state index in [-0.39, 0.29) is 0 Å². The van der Waals surface area contributed by atoms with Gasteiger partial charge in [-0.1, -0.05) is 134 Å².